The van der Waals surface area contributed by atoms with E-state index in [2.05, 4.69) is 5.16 Å². The van der Waals surface area contributed by atoms with E-state index >= 15 is 0 Å². The summed E-state index contributed by atoms with van der Waals surface area (Å²) in [5.41, 5.74) is 1.87. The van der Waals surface area contributed by atoms with Crippen molar-refractivity contribution in [3.8, 4) is 0 Å². The lowest BCUT2D eigenvalue weighted by molar-refractivity contribution is -0.111. The summed E-state index contributed by atoms with van der Waals surface area (Å²) < 4.78 is 12.8. The van der Waals surface area contributed by atoms with E-state index in [1.165, 1.54) is 30.3 Å². The molecule has 0 aliphatic heterocycles. The summed E-state index contributed by atoms with van der Waals surface area (Å²) in [6.45, 7) is 5.52. The molecule has 1 aliphatic rings. The Bertz CT molecular complexity index is 697. The second kappa shape index (κ2) is 6.47. The Kier molecular flexibility index (Phi) is 4.65. The number of carbonyl (C=O) groups excluding carboxylic acids is 2. The highest BCUT2D eigenvalue weighted by molar-refractivity contribution is 6.21. The first-order chi connectivity index (χ1) is 10.4. The van der Waals surface area contributed by atoms with Crippen molar-refractivity contribution in [3.63, 3.8) is 0 Å². The molecule has 2 rings (SSSR count). The summed E-state index contributed by atoms with van der Waals surface area (Å²) in [4.78, 5) is 28.5. The van der Waals surface area contributed by atoms with Crippen LogP contribution in [0.4, 0.5) is 4.39 Å². The van der Waals surface area contributed by atoms with Crippen molar-refractivity contribution < 1.29 is 18.8 Å². The Morgan fingerprint density at radius 3 is 2.41 bits per heavy atom. The zero-order valence-electron chi connectivity index (χ0n) is 12.6. The van der Waals surface area contributed by atoms with Gasteiger partial charge in [0, 0.05) is 5.57 Å². The molecule has 114 valence electrons. The lowest BCUT2D eigenvalue weighted by Gasteiger charge is -2.14. The van der Waals surface area contributed by atoms with Crippen LogP contribution < -0.4 is 0 Å². The van der Waals surface area contributed by atoms with Crippen molar-refractivity contribution in [2.75, 3.05) is 0 Å². The van der Waals surface area contributed by atoms with Crippen molar-refractivity contribution in [3.05, 3.63) is 58.9 Å². The molecule has 0 atom stereocenters. The molecule has 5 heteroatoms. The SMILES string of the molecule is CC1=CC(=O)C(C(C)C)=CC1=NOC(=O)c1ccc(F)cc1. The standard InChI is InChI=1S/C17H16FNO3/c1-10(2)14-9-15(11(3)8-16(14)20)19-22-17(21)12-4-6-13(18)7-5-12/h4-10H,1-3H3. The lowest BCUT2D eigenvalue weighted by atomic mass is 9.90. The normalized spacial score (nSPS) is 16.6. The van der Waals surface area contributed by atoms with E-state index in [0.717, 1.165) is 0 Å². The quantitative estimate of drug-likeness (QED) is 0.488. The molecule has 0 saturated carbocycles. The Labute approximate surface area is 128 Å². The number of nitrogens with zero attached hydrogens (tertiary/aromatic N) is 1. The van der Waals surface area contributed by atoms with Crippen LogP contribution in [0, 0.1) is 11.7 Å². The Balaban J connectivity index is 2.18. The number of allylic oxidation sites excluding steroid dienone is 4. The number of ketones is 1. The van der Waals surface area contributed by atoms with E-state index in [1.807, 2.05) is 13.8 Å². The fraction of sp³-hybridized carbons (Fsp3) is 0.235. The molecule has 0 aromatic heterocycles. The molecule has 0 N–H and O–H groups in total. The molecule has 1 aromatic carbocycles. The van der Waals surface area contributed by atoms with Crippen LogP contribution in [0.3, 0.4) is 0 Å². The van der Waals surface area contributed by atoms with Crippen molar-refractivity contribution >= 4 is 17.5 Å². The van der Waals surface area contributed by atoms with Gasteiger partial charge in [0.1, 0.15) is 11.5 Å². The average Bonchev–Trinajstić information content (AvgIpc) is 2.46. The summed E-state index contributed by atoms with van der Waals surface area (Å²) in [7, 11) is 0. The molecule has 0 heterocycles. The van der Waals surface area contributed by atoms with E-state index in [-0.39, 0.29) is 17.3 Å². The van der Waals surface area contributed by atoms with Gasteiger partial charge in [-0.3, -0.25) is 4.79 Å². The van der Waals surface area contributed by atoms with Gasteiger partial charge in [0.25, 0.3) is 0 Å². The van der Waals surface area contributed by atoms with Gasteiger partial charge in [0.15, 0.2) is 5.78 Å². The predicted molar refractivity (Wildman–Crippen MR) is 80.9 cm³/mol. The van der Waals surface area contributed by atoms with Crippen LogP contribution >= 0.6 is 0 Å². The van der Waals surface area contributed by atoms with Crippen LogP contribution in [0.15, 0.2) is 52.7 Å². The summed E-state index contributed by atoms with van der Waals surface area (Å²) in [5, 5.41) is 3.81. The smallest absolute Gasteiger partial charge is 0.312 e. The van der Waals surface area contributed by atoms with Crippen LogP contribution in [0.1, 0.15) is 31.1 Å². The van der Waals surface area contributed by atoms with Crippen LogP contribution in [-0.2, 0) is 9.63 Å². The van der Waals surface area contributed by atoms with Crippen LogP contribution in [-0.4, -0.2) is 17.5 Å². The molecular weight excluding hydrogens is 285 g/mol. The molecular formula is C17H16FNO3. The average molecular weight is 301 g/mol. The van der Waals surface area contributed by atoms with Crippen LogP contribution in [0.25, 0.3) is 0 Å². The zero-order chi connectivity index (χ0) is 16.3. The van der Waals surface area contributed by atoms with E-state index < -0.39 is 11.8 Å². The third-order valence-corrected chi connectivity index (χ3v) is 3.26. The third-order valence-electron chi connectivity index (χ3n) is 3.26. The first-order valence-electron chi connectivity index (χ1n) is 6.88. The number of carbonyl (C=O) groups is 2. The fourth-order valence-electron chi connectivity index (χ4n) is 1.97. The minimum Gasteiger partial charge on any atom is -0.312 e. The molecule has 0 bridgehead atoms. The van der Waals surface area contributed by atoms with Gasteiger partial charge in [-0.25, -0.2) is 9.18 Å². The summed E-state index contributed by atoms with van der Waals surface area (Å²) in [5.74, 6) is -1.13. The molecule has 0 amide bonds. The van der Waals surface area contributed by atoms with Gasteiger partial charge >= 0.3 is 5.97 Å². The van der Waals surface area contributed by atoms with E-state index in [0.29, 0.717) is 16.9 Å². The second-order valence-corrected chi connectivity index (χ2v) is 5.31. The summed E-state index contributed by atoms with van der Waals surface area (Å²) in [6, 6.07) is 4.98. The fourth-order valence-corrected chi connectivity index (χ4v) is 1.97. The van der Waals surface area contributed by atoms with Crippen molar-refractivity contribution in [1.82, 2.24) is 0 Å². The number of hydrogen-bond acceptors (Lipinski definition) is 4. The molecule has 1 aliphatic carbocycles. The van der Waals surface area contributed by atoms with E-state index in [1.54, 1.807) is 13.0 Å². The van der Waals surface area contributed by atoms with Crippen LogP contribution in [0.5, 0.6) is 0 Å². The first-order valence-corrected chi connectivity index (χ1v) is 6.88. The zero-order valence-corrected chi connectivity index (χ0v) is 12.6. The minimum atomic E-state index is -0.684. The largest absolute Gasteiger partial charge is 0.365 e. The summed E-state index contributed by atoms with van der Waals surface area (Å²) in [6.07, 6.45) is 3.10. The number of halogens is 1. The number of benzene rings is 1. The Hall–Kier alpha value is -2.56. The number of rotatable bonds is 3. The first kappa shape index (κ1) is 15.8. The van der Waals surface area contributed by atoms with Gasteiger partial charge in [-0.1, -0.05) is 19.0 Å². The molecule has 4 nitrogen and oxygen atoms in total. The molecule has 0 radical (unpaired) electrons. The predicted octanol–water partition coefficient (Wildman–Crippen LogP) is 3.45. The molecule has 0 unspecified atom stereocenters. The number of hydrogen-bond donors (Lipinski definition) is 0. The third kappa shape index (κ3) is 3.55. The molecule has 1 aromatic rings. The van der Waals surface area contributed by atoms with Crippen molar-refractivity contribution in [1.29, 1.82) is 0 Å². The molecule has 0 saturated heterocycles. The molecule has 0 spiro atoms. The summed E-state index contributed by atoms with van der Waals surface area (Å²) >= 11 is 0. The Morgan fingerprint density at radius 2 is 1.82 bits per heavy atom. The maximum absolute atomic E-state index is 12.8. The van der Waals surface area contributed by atoms with Gasteiger partial charge < -0.3 is 4.84 Å². The molecule has 22 heavy (non-hydrogen) atoms. The van der Waals surface area contributed by atoms with E-state index in [4.69, 9.17) is 4.84 Å². The minimum absolute atomic E-state index is 0.0508. The Morgan fingerprint density at radius 1 is 1.18 bits per heavy atom. The van der Waals surface area contributed by atoms with Gasteiger partial charge in [-0.15, -0.1) is 0 Å². The lowest BCUT2D eigenvalue weighted by Crippen LogP contribution is -2.16. The highest BCUT2D eigenvalue weighted by Crippen LogP contribution is 2.19. The maximum Gasteiger partial charge on any atom is 0.365 e. The topological polar surface area (TPSA) is 55.7 Å². The molecule has 0 fully saturated rings. The van der Waals surface area contributed by atoms with Crippen molar-refractivity contribution in [2.45, 2.75) is 20.8 Å². The van der Waals surface area contributed by atoms with Gasteiger partial charge in [-0.05, 0) is 54.8 Å². The van der Waals surface area contributed by atoms with Crippen molar-refractivity contribution in [2.24, 2.45) is 11.1 Å². The van der Waals surface area contributed by atoms with Crippen LogP contribution in [0.2, 0.25) is 0 Å². The highest BCUT2D eigenvalue weighted by atomic mass is 19.1. The second-order valence-electron chi connectivity index (χ2n) is 5.31. The monoisotopic (exact) mass is 301 g/mol. The van der Waals surface area contributed by atoms with Gasteiger partial charge in [0.2, 0.25) is 0 Å². The van der Waals surface area contributed by atoms with Gasteiger partial charge in [0.05, 0.1) is 5.56 Å². The highest BCUT2D eigenvalue weighted by Gasteiger charge is 2.19. The maximum atomic E-state index is 12.8. The number of oxime groups is 1. The van der Waals surface area contributed by atoms with Gasteiger partial charge in [-0.2, -0.15) is 0 Å². The van der Waals surface area contributed by atoms with E-state index in [9.17, 15) is 14.0 Å².